The van der Waals surface area contributed by atoms with Gasteiger partial charge in [0.1, 0.15) is 5.78 Å². The van der Waals surface area contributed by atoms with Crippen LogP contribution in [0.25, 0.3) is 0 Å². The molecule has 0 unspecified atom stereocenters. The van der Waals surface area contributed by atoms with E-state index in [0.717, 1.165) is 18.8 Å². The Morgan fingerprint density at radius 1 is 1.14 bits per heavy atom. The van der Waals surface area contributed by atoms with Crippen molar-refractivity contribution in [1.82, 2.24) is 0 Å². The van der Waals surface area contributed by atoms with Crippen LogP contribution in [0.15, 0.2) is 0 Å². The zero-order valence-electron chi connectivity index (χ0n) is 9.60. The molecule has 0 saturated heterocycles. The molecule has 0 N–H and O–H groups in total. The first-order valence-corrected chi connectivity index (χ1v) is 5.74. The number of ketones is 1. The Balaban J connectivity index is 0. The molecular weight excluding hydrogens is 172 g/mol. The molecule has 0 aromatic carbocycles. The maximum atomic E-state index is 11.0. The van der Waals surface area contributed by atoms with Gasteiger partial charge in [-0.15, -0.1) is 0 Å². The summed E-state index contributed by atoms with van der Waals surface area (Å²) in [5, 5.41) is 0. The third-order valence-electron chi connectivity index (χ3n) is 3.00. The van der Waals surface area contributed by atoms with E-state index < -0.39 is 0 Å². The summed E-state index contributed by atoms with van der Waals surface area (Å²) in [4.78, 5) is 11.0. The zero-order chi connectivity index (χ0) is 10.3. The van der Waals surface area contributed by atoms with Gasteiger partial charge in [-0.25, -0.2) is 0 Å². The average molecular weight is 200 g/mol. The number of carbonyl (C=O) groups excluding carboxylic acids is 1. The minimum absolute atomic E-state index is 0. The third-order valence-corrected chi connectivity index (χ3v) is 3.00. The summed E-state index contributed by atoms with van der Waals surface area (Å²) in [6.45, 7) is 7.98. The van der Waals surface area contributed by atoms with Crippen LogP contribution in [-0.2, 0) is 4.79 Å². The fourth-order valence-electron chi connectivity index (χ4n) is 1.98. The average Bonchev–Trinajstić information content (AvgIpc) is 2.21. The number of carbonyl (C=O) groups is 1. The second-order valence-corrected chi connectivity index (χ2v) is 3.74. The summed E-state index contributed by atoms with van der Waals surface area (Å²) in [5.74, 6) is 1.71. The highest BCUT2D eigenvalue weighted by atomic mass is 16.1. The predicted molar refractivity (Wildman–Crippen MR) is 64.5 cm³/mol. The van der Waals surface area contributed by atoms with Gasteiger partial charge in [0.25, 0.3) is 0 Å². The first kappa shape index (κ1) is 16.1. The van der Waals surface area contributed by atoms with Gasteiger partial charge in [0.15, 0.2) is 0 Å². The summed E-state index contributed by atoms with van der Waals surface area (Å²) in [6.07, 6.45) is 6.15. The van der Waals surface area contributed by atoms with Crippen molar-refractivity contribution in [3.63, 3.8) is 0 Å². The molecular formula is C13H28O. The van der Waals surface area contributed by atoms with E-state index in [2.05, 4.69) is 6.92 Å². The quantitative estimate of drug-likeness (QED) is 0.643. The predicted octanol–water partition coefficient (Wildman–Crippen LogP) is 4.45. The Morgan fingerprint density at radius 2 is 1.57 bits per heavy atom. The highest BCUT2D eigenvalue weighted by Gasteiger charge is 2.22. The fourth-order valence-corrected chi connectivity index (χ4v) is 1.98. The van der Waals surface area contributed by atoms with E-state index in [4.69, 9.17) is 0 Å². The van der Waals surface area contributed by atoms with E-state index in [1.165, 1.54) is 19.3 Å². The Kier molecular flexibility index (Phi) is 10.6. The lowest BCUT2D eigenvalue weighted by Crippen LogP contribution is -2.19. The Bertz CT molecular complexity index is 132. The van der Waals surface area contributed by atoms with E-state index in [-0.39, 0.29) is 7.43 Å². The SMILES string of the molecule is C.CC.CCC1CCC(C(C)=O)CC1. The molecule has 1 aliphatic rings. The molecule has 0 spiro atoms. The fraction of sp³-hybridized carbons (Fsp3) is 0.923. The van der Waals surface area contributed by atoms with Crippen molar-refractivity contribution in [2.75, 3.05) is 0 Å². The molecule has 1 aliphatic carbocycles. The van der Waals surface area contributed by atoms with Gasteiger partial charge in [-0.1, -0.05) is 34.6 Å². The zero-order valence-corrected chi connectivity index (χ0v) is 9.60. The molecule has 0 amide bonds. The Labute approximate surface area is 90.3 Å². The van der Waals surface area contributed by atoms with Gasteiger partial charge in [-0.05, 0) is 38.5 Å². The van der Waals surface area contributed by atoms with Crippen molar-refractivity contribution < 1.29 is 4.79 Å². The lowest BCUT2D eigenvalue weighted by atomic mass is 9.79. The number of Topliss-reactive ketones (excluding diaryl/α,β-unsaturated/α-hetero) is 1. The second kappa shape index (κ2) is 9.23. The number of hydrogen-bond donors (Lipinski definition) is 0. The van der Waals surface area contributed by atoms with Gasteiger partial charge >= 0.3 is 0 Å². The largest absolute Gasteiger partial charge is 0.300 e. The lowest BCUT2D eigenvalue weighted by Gasteiger charge is -2.25. The van der Waals surface area contributed by atoms with Crippen molar-refractivity contribution in [2.24, 2.45) is 11.8 Å². The molecule has 1 rings (SSSR count). The summed E-state index contributed by atoms with van der Waals surface area (Å²) in [5.41, 5.74) is 0. The monoisotopic (exact) mass is 200 g/mol. The molecule has 0 aromatic heterocycles. The molecule has 0 heterocycles. The summed E-state index contributed by atoms with van der Waals surface area (Å²) in [6, 6.07) is 0. The first-order valence-electron chi connectivity index (χ1n) is 5.74. The molecule has 1 heteroatoms. The summed E-state index contributed by atoms with van der Waals surface area (Å²) < 4.78 is 0. The van der Waals surface area contributed by atoms with E-state index in [1.54, 1.807) is 6.92 Å². The van der Waals surface area contributed by atoms with Crippen LogP contribution >= 0.6 is 0 Å². The van der Waals surface area contributed by atoms with Crippen LogP contribution in [0.2, 0.25) is 0 Å². The van der Waals surface area contributed by atoms with Crippen molar-refractivity contribution in [1.29, 1.82) is 0 Å². The first-order chi connectivity index (χ1) is 6.24. The molecule has 86 valence electrons. The third kappa shape index (κ3) is 5.41. The van der Waals surface area contributed by atoms with Crippen LogP contribution in [0, 0.1) is 11.8 Å². The van der Waals surface area contributed by atoms with Crippen LogP contribution in [0.1, 0.15) is 67.2 Å². The standard InChI is InChI=1S/C10H18O.C2H6.CH4/c1-3-9-4-6-10(7-5-9)8(2)11;1-2;/h9-10H,3-7H2,1-2H3;1-2H3;1H4. The van der Waals surface area contributed by atoms with Crippen molar-refractivity contribution in [3.8, 4) is 0 Å². The maximum Gasteiger partial charge on any atom is 0.132 e. The topological polar surface area (TPSA) is 17.1 Å². The molecule has 0 aliphatic heterocycles. The smallest absolute Gasteiger partial charge is 0.132 e. The van der Waals surface area contributed by atoms with Crippen LogP contribution < -0.4 is 0 Å². The minimum Gasteiger partial charge on any atom is -0.300 e. The highest BCUT2D eigenvalue weighted by molar-refractivity contribution is 5.78. The van der Waals surface area contributed by atoms with Crippen molar-refractivity contribution in [2.45, 2.75) is 67.2 Å². The lowest BCUT2D eigenvalue weighted by molar-refractivity contribution is -0.121. The summed E-state index contributed by atoms with van der Waals surface area (Å²) in [7, 11) is 0. The van der Waals surface area contributed by atoms with Crippen molar-refractivity contribution >= 4 is 5.78 Å². The number of hydrogen-bond acceptors (Lipinski definition) is 1. The number of rotatable bonds is 2. The molecule has 0 atom stereocenters. The normalized spacial score (nSPS) is 25.4. The molecule has 0 bridgehead atoms. The molecule has 0 radical (unpaired) electrons. The van der Waals surface area contributed by atoms with Crippen LogP contribution in [0.4, 0.5) is 0 Å². The van der Waals surface area contributed by atoms with E-state index in [1.807, 2.05) is 13.8 Å². The second-order valence-electron chi connectivity index (χ2n) is 3.74. The van der Waals surface area contributed by atoms with Gasteiger partial charge in [0, 0.05) is 5.92 Å². The van der Waals surface area contributed by atoms with Crippen LogP contribution in [-0.4, -0.2) is 5.78 Å². The van der Waals surface area contributed by atoms with Gasteiger partial charge < -0.3 is 0 Å². The summed E-state index contributed by atoms with van der Waals surface area (Å²) >= 11 is 0. The maximum absolute atomic E-state index is 11.0. The van der Waals surface area contributed by atoms with Gasteiger partial charge in [0.05, 0.1) is 0 Å². The van der Waals surface area contributed by atoms with Gasteiger partial charge in [-0.2, -0.15) is 0 Å². The Morgan fingerprint density at radius 3 is 1.86 bits per heavy atom. The highest BCUT2D eigenvalue weighted by Crippen LogP contribution is 2.30. The van der Waals surface area contributed by atoms with E-state index in [0.29, 0.717) is 11.7 Å². The minimum atomic E-state index is 0. The Hall–Kier alpha value is -0.330. The molecule has 1 saturated carbocycles. The van der Waals surface area contributed by atoms with Gasteiger partial charge in [0.2, 0.25) is 0 Å². The van der Waals surface area contributed by atoms with E-state index >= 15 is 0 Å². The van der Waals surface area contributed by atoms with Crippen LogP contribution in [0.5, 0.6) is 0 Å². The van der Waals surface area contributed by atoms with Crippen molar-refractivity contribution in [3.05, 3.63) is 0 Å². The van der Waals surface area contributed by atoms with Gasteiger partial charge in [-0.3, -0.25) is 4.79 Å². The van der Waals surface area contributed by atoms with E-state index in [9.17, 15) is 4.79 Å². The molecule has 1 fully saturated rings. The molecule has 0 aromatic rings. The molecule has 1 nitrogen and oxygen atoms in total. The van der Waals surface area contributed by atoms with Crippen LogP contribution in [0.3, 0.4) is 0 Å². The molecule has 14 heavy (non-hydrogen) atoms.